The first-order valence-corrected chi connectivity index (χ1v) is 8.89. The van der Waals surface area contributed by atoms with Crippen molar-refractivity contribution in [2.45, 2.75) is 4.90 Å². The largest absolute Gasteiger partial charge is 0.350 e. The van der Waals surface area contributed by atoms with Crippen LogP contribution in [0.3, 0.4) is 0 Å². The minimum Gasteiger partial charge on any atom is -0.350 e. The van der Waals surface area contributed by atoms with Gasteiger partial charge in [-0.2, -0.15) is 9.78 Å². The van der Waals surface area contributed by atoms with Crippen molar-refractivity contribution < 1.29 is 13.2 Å². The third kappa shape index (κ3) is 3.55. The molecule has 1 heterocycles. The highest BCUT2D eigenvalue weighted by molar-refractivity contribution is 7.89. The number of amides is 1. The molecule has 2 aromatic carbocycles. The molecule has 0 saturated heterocycles. The SMILES string of the molecule is NC(=O)n1[c]c(-c2ccc(Cl)cc2)c(-c2ccc(S(N)(=O)=O)cc2)n1. The summed E-state index contributed by atoms with van der Waals surface area (Å²) in [6.07, 6.45) is 2.81. The summed E-state index contributed by atoms with van der Waals surface area (Å²) < 4.78 is 23.6. The van der Waals surface area contributed by atoms with E-state index in [0.717, 1.165) is 10.2 Å². The normalized spacial score (nSPS) is 11.4. The molecule has 3 aromatic rings. The number of carbonyl (C=O) groups is 1. The number of hydrogen-bond donors (Lipinski definition) is 2. The summed E-state index contributed by atoms with van der Waals surface area (Å²) in [5.74, 6) is 0. The van der Waals surface area contributed by atoms with Crippen molar-refractivity contribution in [3.8, 4) is 22.4 Å². The molecule has 7 nitrogen and oxygen atoms in total. The number of sulfonamides is 1. The van der Waals surface area contributed by atoms with Crippen molar-refractivity contribution >= 4 is 27.7 Å². The van der Waals surface area contributed by atoms with E-state index >= 15 is 0 Å². The number of nitrogens with two attached hydrogens (primary N) is 2. The number of primary sulfonamides is 1. The monoisotopic (exact) mass is 375 g/mol. The Labute approximate surface area is 148 Å². The Hall–Kier alpha value is -2.68. The van der Waals surface area contributed by atoms with Gasteiger partial charge in [-0.1, -0.05) is 35.9 Å². The second-order valence-electron chi connectivity index (χ2n) is 5.16. The lowest BCUT2D eigenvalue weighted by Gasteiger charge is -2.04. The van der Waals surface area contributed by atoms with Gasteiger partial charge in [-0.3, -0.25) is 0 Å². The Morgan fingerprint density at radius 3 is 2.12 bits per heavy atom. The highest BCUT2D eigenvalue weighted by Crippen LogP contribution is 2.31. The third-order valence-corrected chi connectivity index (χ3v) is 4.63. The van der Waals surface area contributed by atoms with Crippen molar-refractivity contribution in [1.29, 1.82) is 0 Å². The molecule has 0 spiro atoms. The number of primary amides is 1. The first-order valence-electron chi connectivity index (χ1n) is 6.97. The molecule has 1 amide bonds. The molecule has 0 bridgehead atoms. The number of carbonyl (C=O) groups excluding carboxylic acids is 1. The van der Waals surface area contributed by atoms with E-state index in [1.165, 1.54) is 12.1 Å². The Kier molecular flexibility index (Phi) is 4.34. The Morgan fingerprint density at radius 2 is 1.60 bits per heavy atom. The lowest BCUT2D eigenvalue weighted by Crippen LogP contribution is -2.20. The average molecular weight is 376 g/mol. The van der Waals surface area contributed by atoms with Gasteiger partial charge in [0.25, 0.3) is 0 Å². The molecule has 3 rings (SSSR count). The van der Waals surface area contributed by atoms with Crippen LogP contribution in [0.25, 0.3) is 22.4 Å². The third-order valence-electron chi connectivity index (χ3n) is 3.45. The van der Waals surface area contributed by atoms with Gasteiger partial charge in [0.1, 0.15) is 11.9 Å². The quantitative estimate of drug-likeness (QED) is 0.728. The summed E-state index contributed by atoms with van der Waals surface area (Å²) in [6.45, 7) is 0. The van der Waals surface area contributed by atoms with E-state index in [4.69, 9.17) is 22.5 Å². The molecule has 127 valence electrons. The number of hydrogen-bond acceptors (Lipinski definition) is 4. The van der Waals surface area contributed by atoms with E-state index < -0.39 is 16.1 Å². The minimum absolute atomic E-state index is 0.0254. The number of aromatic nitrogens is 2. The van der Waals surface area contributed by atoms with Gasteiger partial charge < -0.3 is 5.73 Å². The molecule has 1 aromatic heterocycles. The molecule has 0 unspecified atom stereocenters. The fourth-order valence-corrected chi connectivity index (χ4v) is 2.90. The fourth-order valence-electron chi connectivity index (χ4n) is 2.26. The lowest BCUT2D eigenvalue weighted by molar-refractivity contribution is 0.247. The van der Waals surface area contributed by atoms with Crippen LogP contribution in [-0.2, 0) is 10.0 Å². The smallest absolute Gasteiger partial charge is 0.340 e. The molecule has 4 N–H and O–H groups in total. The van der Waals surface area contributed by atoms with E-state index in [2.05, 4.69) is 11.3 Å². The second kappa shape index (κ2) is 6.32. The molecule has 9 heteroatoms. The zero-order valence-electron chi connectivity index (χ0n) is 12.7. The van der Waals surface area contributed by atoms with Crippen molar-refractivity contribution in [1.82, 2.24) is 9.78 Å². The van der Waals surface area contributed by atoms with Crippen LogP contribution in [0.1, 0.15) is 0 Å². The maximum Gasteiger partial charge on any atom is 0.340 e. The van der Waals surface area contributed by atoms with Crippen LogP contribution in [0.15, 0.2) is 53.4 Å². The van der Waals surface area contributed by atoms with Gasteiger partial charge in [-0.15, -0.1) is 0 Å². The predicted molar refractivity (Wildman–Crippen MR) is 93.3 cm³/mol. The summed E-state index contributed by atoms with van der Waals surface area (Å²) in [5.41, 5.74) is 7.52. The molecular weight excluding hydrogens is 364 g/mol. The lowest BCUT2D eigenvalue weighted by atomic mass is 10.0. The minimum atomic E-state index is -3.80. The van der Waals surface area contributed by atoms with Crippen molar-refractivity contribution in [2.24, 2.45) is 10.9 Å². The van der Waals surface area contributed by atoms with Gasteiger partial charge in [-0.25, -0.2) is 18.4 Å². The molecule has 0 atom stereocenters. The zero-order chi connectivity index (χ0) is 18.2. The van der Waals surface area contributed by atoms with Crippen LogP contribution < -0.4 is 10.9 Å². The first-order chi connectivity index (χ1) is 11.8. The van der Waals surface area contributed by atoms with E-state index in [1.54, 1.807) is 36.4 Å². The zero-order valence-corrected chi connectivity index (χ0v) is 14.3. The summed E-state index contributed by atoms with van der Waals surface area (Å²) in [4.78, 5) is 11.4. The van der Waals surface area contributed by atoms with Crippen molar-refractivity contribution in [3.05, 3.63) is 59.8 Å². The molecule has 25 heavy (non-hydrogen) atoms. The standard InChI is InChI=1S/C16H12ClN4O3S/c17-12-5-1-10(2-6-12)14-9-21(16(18)22)20-15(14)11-3-7-13(8-4-11)25(19,23)24/h1-8H,(H2,18,22)(H2,19,23,24). The molecule has 0 aliphatic carbocycles. The van der Waals surface area contributed by atoms with Gasteiger partial charge in [0.15, 0.2) is 0 Å². The van der Waals surface area contributed by atoms with Crippen LogP contribution >= 0.6 is 11.6 Å². The highest BCUT2D eigenvalue weighted by atomic mass is 35.5. The van der Waals surface area contributed by atoms with Crippen LogP contribution in [0.2, 0.25) is 5.02 Å². The molecule has 0 fully saturated rings. The Bertz CT molecular complexity index is 1040. The van der Waals surface area contributed by atoms with E-state index in [-0.39, 0.29) is 4.90 Å². The van der Waals surface area contributed by atoms with Crippen molar-refractivity contribution in [2.75, 3.05) is 0 Å². The van der Waals surface area contributed by atoms with Gasteiger partial charge in [0.2, 0.25) is 10.0 Å². The van der Waals surface area contributed by atoms with Crippen LogP contribution in [0, 0.1) is 6.20 Å². The van der Waals surface area contributed by atoms with Crippen LogP contribution in [-0.4, -0.2) is 24.2 Å². The Morgan fingerprint density at radius 1 is 1.04 bits per heavy atom. The first kappa shape index (κ1) is 17.2. The summed E-state index contributed by atoms with van der Waals surface area (Å²) in [7, 11) is -3.80. The molecule has 0 aliphatic heterocycles. The number of rotatable bonds is 3. The van der Waals surface area contributed by atoms with E-state index in [9.17, 15) is 13.2 Å². The average Bonchev–Trinajstić information content (AvgIpc) is 3.00. The maximum atomic E-state index is 11.4. The van der Waals surface area contributed by atoms with Gasteiger partial charge >= 0.3 is 6.03 Å². The molecule has 0 saturated carbocycles. The molecule has 1 radical (unpaired) electrons. The number of halogens is 1. The van der Waals surface area contributed by atoms with E-state index in [1.807, 2.05) is 0 Å². The van der Waals surface area contributed by atoms with Crippen LogP contribution in [0.5, 0.6) is 0 Å². The van der Waals surface area contributed by atoms with Crippen molar-refractivity contribution in [3.63, 3.8) is 0 Å². The topological polar surface area (TPSA) is 121 Å². The molecule has 0 aliphatic rings. The van der Waals surface area contributed by atoms with Gasteiger partial charge in [-0.05, 0) is 29.8 Å². The molecular formula is C16H12ClN4O3S. The summed E-state index contributed by atoms with van der Waals surface area (Å²) in [5, 5.41) is 9.80. The highest BCUT2D eigenvalue weighted by Gasteiger charge is 2.17. The number of nitrogens with zero attached hydrogens (tertiary/aromatic N) is 2. The van der Waals surface area contributed by atoms with Crippen LogP contribution in [0.4, 0.5) is 4.79 Å². The maximum absolute atomic E-state index is 11.4. The van der Waals surface area contributed by atoms with Gasteiger partial charge in [0, 0.05) is 16.1 Å². The van der Waals surface area contributed by atoms with E-state index in [0.29, 0.717) is 21.8 Å². The predicted octanol–water partition coefficient (Wildman–Crippen LogP) is 2.24. The second-order valence-corrected chi connectivity index (χ2v) is 7.16. The fraction of sp³-hybridized carbons (Fsp3) is 0. The summed E-state index contributed by atoms with van der Waals surface area (Å²) in [6, 6.07) is 11.9. The Balaban J connectivity index is 2.14. The van der Waals surface area contributed by atoms with Gasteiger partial charge in [0.05, 0.1) is 4.90 Å². The summed E-state index contributed by atoms with van der Waals surface area (Å²) >= 11 is 5.90. The number of benzene rings is 2.